The molecule has 1 amide bonds. The van der Waals surface area contributed by atoms with Crippen LogP contribution in [0.1, 0.15) is 39.9 Å². The van der Waals surface area contributed by atoms with Crippen LogP contribution in [0.4, 0.5) is 0 Å². The van der Waals surface area contributed by atoms with E-state index in [-0.39, 0.29) is 11.9 Å². The first-order valence-electron chi connectivity index (χ1n) is 11.8. The van der Waals surface area contributed by atoms with E-state index < -0.39 is 0 Å². The minimum atomic E-state index is 0.00541. The van der Waals surface area contributed by atoms with Crippen molar-refractivity contribution in [1.29, 1.82) is 0 Å². The number of aryl methyl sites for hydroxylation is 1. The second-order valence-corrected chi connectivity index (χ2v) is 9.83. The fourth-order valence-corrected chi connectivity index (χ4v) is 5.20. The predicted octanol–water partition coefficient (Wildman–Crippen LogP) is 5.82. The van der Waals surface area contributed by atoms with Gasteiger partial charge in [-0.3, -0.25) is 9.69 Å². The van der Waals surface area contributed by atoms with Crippen LogP contribution in [0.15, 0.2) is 82.4 Å². The van der Waals surface area contributed by atoms with Crippen LogP contribution in [0.3, 0.4) is 0 Å². The minimum absolute atomic E-state index is 0.00541. The van der Waals surface area contributed by atoms with Crippen LogP contribution >= 0.6 is 11.8 Å². The van der Waals surface area contributed by atoms with Gasteiger partial charge in [-0.05, 0) is 54.7 Å². The van der Waals surface area contributed by atoms with Crippen molar-refractivity contribution in [3.05, 3.63) is 95.1 Å². The van der Waals surface area contributed by atoms with Gasteiger partial charge in [0, 0.05) is 37.0 Å². The van der Waals surface area contributed by atoms with Gasteiger partial charge in [0.2, 0.25) is 0 Å². The maximum absolute atomic E-state index is 12.9. The number of carbonyl (C=O) groups is 1. The lowest BCUT2D eigenvalue weighted by molar-refractivity contribution is 0.0909. The summed E-state index contributed by atoms with van der Waals surface area (Å²) in [5, 5.41) is 3.90. The van der Waals surface area contributed by atoms with Crippen molar-refractivity contribution in [2.45, 2.75) is 43.3 Å². The van der Waals surface area contributed by atoms with E-state index in [1.54, 1.807) is 11.8 Å². The van der Waals surface area contributed by atoms with Gasteiger partial charge in [0.15, 0.2) is 5.58 Å². The molecule has 1 aliphatic rings. The summed E-state index contributed by atoms with van der Waals surface area (Å²) >= 11 is 1.55. The molecule has 6 heteroatoms. The number of amides is 1. The van der Waals surface area contributed by atoms with E-state index in [9.17, 15) is 4.79 Å². The number of aromatic nitrogens is 1. The van der Waals surface area contributed by atoms with Crippen molar-refractivity contribution in [3.8, 4) is 0 Å². The number of thioether (sulfide) groups is 1. The van der Waals surface area contributed by atoms with Crippen LogP contribution in [0.5, 0.6) is 0 Å². The fraction of sp³-hybridized carbons (Fsp3) is 0.286. The van der Waals surface area contributed by atoms with Gasteiger partial charge in [-0.15, -0.1) is 0 Å². The highest BCUT2D eigenvalue weighted by molar-refractivity contribution is 7.98. The van der Waals surface area contributed by atoms with Gasteiger partial charge in [0.1, 0.15) is 5.52 Å². The average Bonchev–Trinajstić information content (AvgIpc) is 3.29. The second-order valence-electron chi connectivity index (χ2n) is 8.90. The Morgan fingerprint density at radius 1 is 1.03 bits per heavy atom. The summed E-state index contributed by atoms with van der Waals surface area (Å²) in [6.07, 6.45) is 1.95. The van der Waals surface area contributed by atoms with E-state index in [0.29, 0.717) is 16.5 Å². The molecule has 0 spiro atoms. The molecule has 1 fully saturated rings. The Labute approximate surface area is 204 Å². The Morgan fingerprint density at radius 2 is 1.79 bits per heavy atom. The van der Waals surface area contributed by atoms with Gasteiger partial charge in [-0.1, -0.05) is 66.4 Å². The number of nitrogens with one attached hydrogen (secondary N) is 1. The molecule has 0 radical (unpaired) electrons. The van der Waals surface area contributed by atoms with E-state index in [1.807, 2.05) is 49.4 Å². The molecule has 4 aromatic rings. The Morgan fingerprint density at radius 3 is 2.59 bits per heavy atom. The standard InChI is InChI=1S/C28H29N3O2S/c1-20-7-5-12-25-26(20)30-28(33-25)34-19-22-10-6-11-23(17-22)27(32)29-24-13-15-31(16-14-24)18-21-8-3-2-4-9-21/h2-12,17,24H,13-16,18-19H2,1H3,(H,29,32). The molecule has 0 aliphatic carbocycles. The summed E-state index contributed by atoms with van der Waals surface area (Å²) in [5.41, 5.74) is 5.95. The largest absolute Gasteiger partial charge is 0.431 e. The normalized spacial score (nSPS) is 15.0. The van der Waals surface area contributed by atoms with Crippen molar-refractivity contribution in [2.75, 3.05) is 13.1 Å². The van der Waals surface area contributed by atoms with Crippen LogP contribution in [0.25, 0.3) is 11.1 Å². The number of rotatable bonds is 7. The molecule has 0 saturated carbocycles. The predicted molar refractivity (Wildman–Crippen MR) is 137 cm³/mol. The molecule has 1 aliphatic heterocycles. The Hall–Kier alpha value is -3.09. The fourth-order valence-electron chi connectivity index (χ4n) is 4.42. The van der Waals surface area contributed by atoms with Crippen LogP contribution in [-0.2, 0) is 12.3 Å². The molecule has 34 heavy (non-hydrogen) atoms. The summed E-state index contributed by atoms with van der Waals surface area (Å²) in [6.45, 7) is 5.01. The van der Waals surface area contributed by atoms with Crippen molar-refractivity contribution in [2.24, 2.45) is 0 Å². The van der Waals surface area contributed by atoms with E-state index in [4.69, 9.17) is 4.42 Å². The molecule has 174 valence electrons. The number of benzene rings is 3. The Balaban J connectivity index is 1.13. The number of fused-ring (bicyclic) bond motifs is 1. The topological polar surface area (TPSA) is 58.4 Å². The van der Waals surface area contributed by atoms with Crippen LogP contribution < -0.4 is 5.32 Å². The van der Waals surface area contributed by atoms with Gasteiger partial charge in [-0.25, -0.2) is 4.98 Å². The van der Waals surface area contributed by atoms with Crippen LogP contribution in [-0.4, -0.2) is 34.9 Å². The molecule has 3 aromatic carbocycles. The number of oxazole rings is 1. The van der Waals surface area contributed by atoms with Gasteiger partial charge in [0.25, 0.3) is 11.1 Å². The molecule has 1 aromatic heterocycles. The zero-order chi connectivity index (χ0) is 23.3. The average molecular weight is 472 g/mol. The Kier molecular flexibility index (Phi) is 6.97. The number of para-hydroxylation sites is 1. The zero-order valence-electron chi connectivity index (χ0n) is 19.4. The van der Waals surface area contributed by atoms with Crippen molar-refractivity contribution in [3.63, 3.8) is 0 Å². The monoisotopic (exact) mass is 471 g/mol. The lowest BCUT2D eigenvalue weighted by Gasteiger charge is -2.32. The molecule has 0 bridgehead atoms. The number of hydrogen-bond acceptors (Lipinski definition) is 5. The quantitative estimate of drug-likeness (QED) is 0.344. The molecule has 5 nitrogen and oxygen atoms in total. The molecule has 1 saturated heterocycles. The molecule has 0 unspecified atom stereocenters. The maximum Gasteiger partial charge on any atom is 0.257 e. The van der Waals surface area contributed by atoms with E-state index >= 15 is 0 Å². The number of likely N-dealkylation sites (tertiary alicyclic amines) is 1. The van der Waals surface area contributed by atoms with Crippen LogP contribution in [0, 0.1) is 6.92 Å². The summed E-state index contributed by atoms with van der Waals surface area (Å²) in [5.74, 6) is 0.705. The first-order valence-corrected chi connectivity index (χ1v) is 12.8. The Bertz CT molecular complexity index is 1260. The third-order valence-corrected chi connectivity index (χ3v) is 7.22. The van der Waals surface area contributed by atoms with E-state index in [2.05, 4.69) is 45.5 Å². The van der Waals surface area contributed by atoms with Gasteiger partial charge in [-0.2, -0.15) is 0 Å². The maximum atomic E-state index is 12.9. The van der Waals surface area contributed by atoms with Crippen molar-refractivity contribution < 1.29 is 9.21 Å². The third kappa shape index (κ3) is 5.51. The van der Waals surface area contributed by atoms with Crippen LogP contribution in [0.2, 0.25) is 0 Å². The van der Waals surface area contributed by atoms with Gasteiger partial charge >= 0.3 is 0 Å². The number of nitrogens with zero attached hydrogens (tertiary/aromatic N) is 2. The summed E-state index contributed by atoms with van der Waals surface area (Å²) in [4.78, 5) is 20.0. The highest BCUT2D eigenvalue weighted by Gasteiger charge is 2.21. The summed E-state index contributed by atoms with van der Waals surface area (Å²) in [6, 6.07) is 24.6. The lowest BCUT2D eigenvalue weighted by Crippen LogP contribution is -2.44. The van der Waals surface area contributed by atoms with Gasteiger partial charge in [0.05, 0.1) is 0 Å². The number of carbonyl (C=O) groups excluding carboxylic acids is 1. The summed E-state index contributed by atoms with van der Waals surface area (Å²) < 4.78 is 5.86. The molecule has 0 atom stereocenters. The molecular weight excluding hydrogens is 442 g/mol. The van der Waals surface area contributed by atoms with Crippen molar-refractivity contribution in [1.82, 2.24) is 15.2 Å². The van der Waals surface area contributed by atoms with E-state index in [1.165, 1.54) is 5.56 Å². The highest BCUT2D eigenvalue weighted by atomic mass is 32.2. The number of hydrogen-bond donors (Lipinski definition) is 1. The summed E-state index contributed by atoms with van der Waals surface area (Å²) in [7, 11) is 0. The second kappa shape index (κ2) is 10.5. The van der Waals surface area contributed by atoms with Crippen molar-refractivity contribution >= 4 is 28.8 Å². The highest BCUT2D eigenvalue weighted by Crippen LogP contribution is 2.28. The molecule has 2 heterocycles. The SMILES string of the molecule is Cc1cccc2oc(SCc3cccc(C(=O)NC4CCN(Cc5ccccc5)CC4)c3)nc12. The smallest absolute Gasteiger partial charge is 0.257 e. The third-order valence-electron chi connectivity index (χ3n) is 6.32. The molecule has 1 N–H and O–H groups in total. The number of piperidine rings is 1. The first kappa shape index (κ1) is 22.7. The molecule has 5 rings (SSSR count). The minimum Gasteiger partial charge on any atom is -0.431 e. The first-order chi connectivity index (χ1) is 16.6. The van der Waals surface area contributed by atoms with E-state index in [0.717, 1.165) is 54.7 Å². The zero-order valence-corrected chi connectivity index (χ0v) is 20.2. The lowest BCUT2D eigenvalue weighted by atomic mass is 10.0. The van der Waals surface area contributed by atoms with Gasteiger partial charge < -0.3 is 9.73 Å². The molecular formula is C28H29N3O2S.